The third kappa shape index (κ3) is 10.4. The molecular weight excluding hydrogens is 911 g/mol. The summed E-state index contributed by atoms with van der Waals surface area (Å²) in [6, 6.07) is 14.1. The van der Waals surface area contributed by atoms with Crippen molar-refractivity contribution in [3.05, 3.63) is 99.6 Å². The standard InChI is InChI=1S/C43H50N4O7.2C2HF3O2/c1-24-18-29(48)19-25(2)30(24)22-34(45(3)4)42(52)47-23-28-9-7-6-8-26(28)20-33(47)41(51)44-16-14-37(50)53-36-13-10-27-21-32-31-11-12-35(49)40-43(31,15-17-46(32)5)38(27)39(36)54-40;2*3-2(4,5)1(6)7/h6-13,18-19,31-35,40,48-49H,14-17,20-23H2,1-5H3,(H,44,51);2*(H,6,7)/t31-,32+,33-,34-,35-,40-,43-;;/m0../s1. The van der Waals surface area contributed by atoms with Gasteiger partial charge in [-0.3, -0.25) is 19.3 Å². The van der Waals surface area contributed by atoms with Gasteiger partial charge >= 0.3 is 30.3 Å². The van der Waals surface area contributed by atoms with E-state index in [9.17, 15) is 50.9 Å². The maximum atomic E-state index is 14.4. The van der Waals surface area contributed by atoms with Crippen LogP contribution in [0, 0.1) is 19.8 Å². The molecule has 0 saturated carbocycles. The molecule has 368 valence electrons. The summed E-state index contributed by atoms with van der Waals surface area (Å²) in [5, 5.41) is 38.3. The number of hydrogen-bond donors (Lipinski definition) is 5. The van der Waals surface area contributed by atoms with Crippen LogP contribution in [0.15, 0.2) is 60.7 Å². The normalized spacial score (nSPS) is 23.6. The monoisotopic (exact) mass is 962 g/mol. The molecule has 3 aromatic carbocycles. The molecule has 0 radical (unpaired) electrons. The Hall–Kier alpha value is -6.19. The molecule has 0 aromatic heterocycles. The SMILES string of the molecule is Cc1cc(O)cc(C)c1C[C@@H](C(=O)N1Cc2ccccc2C[C@H]1C(=O)NCCC(=O)Oc1ccc2c3c1O[C@H]1[C@@H](O)C=C[C@H]4[C@@H](C2)N(C)CC[C@@]341)N(C)C.O=C(O)C(F)(F)F.O=C(O)C(F)(F)F. The van der Waals surface area contributed by atoms with Crippen LogP contribution in [0.25, 0.3) is 0 Å². The molecule has 2 aliphatic carbocycles. The number of carboxylic acids is 2. The molecule has 1 spiro atoms. The number of likely N-dealkylation sites (N-methyl/N-ethyl adjacent to an activating group) is 2. The van der Waals surface area contributed by atoms with Crippen LogP contribution < -0.4 is 14.8 Å². The van der Waals surface area contributed by atoms with Gasteiger partial charge in [0, 0.05) is 42.4 Å². The van der Waals surface area contributed by atoms with Crippen molar-refractivity contribution in [2.45, 2.75) is 101 Å². The lowest BCUT2D eigenvalue weighted by atomic mass is 9.53. The second kappa shape index (κ2) is 19.8. The zero-order valence-electron chi connectivity index (χ0n) is 37.7. The number of halogens is 6. The fourth-order valence-corrected chi connectivity index (χ4v) is 10.0. The van der Waals surface area contributed by atoms with E-state index in [0.29, 0.717) is 36.9 Å². The van der Waals surface area contributed by atoms with Gasteiger partial charge in [0.1, 0.15) is 24.0 Å². The molecule has 7 atom stereocenters. The largest absolute Gasteiger partial charge is 0.508 e. The number of ether oxygens (including phenoxy) is 2. The Morgan fingerprint density at radius 1 is 0.912 bits per heavy atom. The number of nitrogens with zero attached hydrogens (tertiary/aromatic N) is 3. The summed E-state index contributed by atoms with van der Waals surface area (Å²) < 4.78 is 75.9. The summed E-state index contributed by atoms with van der Waals surface area (Å²) in [4.78, 5) is 65.4. The Morgan fingerprint density at radius 3 is 2.10 bits per heavy atom. The van der Waals surface area contributed by atoms with Crippen molar-refractivity contribution in [2.75, 3.05) is 34.2 Å². The Balaban J connectivity index is 0.000000475. The third-order valence-electron chi connectivity index (χ3n) is 13.3. The van der Waals surface area contributed by atoms with E-state index in [4.69, 9.17) is 29.3 Å². The summed E-state index contributed by atoms with van der Waals surface area (Å²) in [5.41, 5.74) is 6.68. The van der Waals surface area contributed by atoms with Crippen LogP contribution in [-0.2, 0) is 55.2 Å². The first-order valence-electron chi connectivity index (χ1n) is 21.6. The molecule has 1 saturated heterocycles. The topological polar surface area (TPSA) is 206 Å². The summed E-state index contributed by atoms with van der Waals surface area (Å²) in [5.74, 6) is -5.24. The van der Waals surface area contributed by atoms with Gasteiger partial charge < -0.3 is 45.0 Å². The van der Waals surface area contributed by atoms with Gasteiger partial charge in [-0.15, -0.1) is 0 Å². The van der Waals surface area contributed by atoms with Gasteiger partial charge in [-0.05, 0) is 112 Å². The molecule has 1 fully saturated rings. The number of carbonyl (C=O) groups excluding carboxylic acids is 3. The van der Waals surface area contributed by atoms with E-state index in [0.717, 1.165) is 52.8 Å². The van der Waals surface area contributed by atoms with Crippen LogP contribution >= 0.6 is 0 Å². The number of alkyl halides is 6. The summed E-state index contributed by atoms with van der Waals surface area (Å²) in [6.45, 7) is 5.08. The first kappa shape index (κ1) is 51.2. The summed E-state index contributed by atoms with van der Waals surface area (Å²) in [7, 11) is 5.88. The maximum Gasteiger partial charge on any atom is 0.490 e. The highest BCUT2D eigenvalue weighted by atomic mass is 19.4. The van der Waals surface area contributed by atoms with Gasteiger partial charge in [-0.1, -0.05) is 42.5 Å². The number of benzene rings is 3. The predicted molar refractivity (Wildman–Crippen MR) is 230 cm³/mol. The Labute approximate surface area is 386 Å². The number of fused-ring (bicyclic) bond motifs is 1. The summed E-state index contributed by atoms with van der Waals surface area (Å²) in [6.07, 6.45) is -4.95. The highest BCUT2D eigenvalue weighted by Crippen LogP contribution is 2.62. The van der Waals surface area contributed by atoms with Gasteiger partial charge in [0.25, 0.3) is 0 Å². The molecule has 21 heteroatoms. The van der Waals surface area contributed by atoms with Crippen molar-refractivity contribution in [2.24, 2.45) is 5.92 Å². The number of hydrogen-bond acceptors (Lipinski definition) is 11. The predicted octanol–water partition coefficient (Wildman–Crippen LogP) is 4.62. The van der Waals surface area contributed by atoms with E-state index in [1.165, 1.54) is 5.56 Å². The number of amides is 2. The molecule has 2 amide bonds. The van der Waals surface area contributed by atoms with E-state index in [1.54, 1.807) is 23.1 Å². The smallest absolute Gasteiger partial charge is 0.490 e. The number of piperidine rings is 1. The number of aromatic hydroxyl groups is 1. The molecule has 0 unspecified atom stereocenters. The number of aliphatic hydroxyl groups excluding tert-OH is 1. The summed E-state index contributed by atoms with van der Waals surface area (Å²) >= 11 is 0. The Kier molecular flexibility index (Phi) is 14.9. The van der Waals surface area contributed by atoms with Crippen molar-refractivity contribution in [1.29, 1.82) is 0 Å². The number of carbonyl (C=O) groups is 5. The fraction of sp³-hybridized carbons (Fsp3) is 0.468. The van der Waals surface area contributed by atoms with Gasteiger partial charge in [-0.25, -0.2) is 9.59 Å². The van der Waals surface area contributed by atoms with Crippen LogP contribution in [0.3, 0.4) is 0 Å². The Morgan fingerprint density at radius 2 is 1.51 bits per heavy atom. The van der Waals surface area contributed by atoms with Crippen molar-refractivity contribution < 1.29 is 80.2 Å². The molecule has 5 aliphatic rings. The number of aryl methyl sites for hydroxylation is 2. The van der Waals surface area contributed by atoms with E-state index < -0.39 is 54.6 Å². The van der Waals surface area contributed by atoms with Gasteiger partial charge in [0.05, 0.1) is 12.5 Å². The fourth-order valence-electron chi connectivity index (χ4n) is 10.0. The number of nitrogens with one attached hydrogen (secondary N) is 1. The van der Waals surface area contributed by atoms with E-state index in [1.807, 2.05) is 69.3 Å². The number of phenols is 1. The van der Waals surface area contributed by atoms with E-state index >= 15 is 0 Å². The highest BCUT2D eigenvalue weighted by molar-refractivity contribution is 5.91. The van der Waals surface area contributed by atoms with Crippen LogP contribution in [-0.4, -0.2) is 142 Å². The van der Waals surface area contributed by atoms with Crippen molar-refractivity contribution >= 4 is 29.7 Å². The van der Waals surface area contributed by atoms with E-state index in [2.05, 4.69) is 23.3 Å². The maximum absolute atomic E-state index is 14.4. The van der Waals surface area contributed by atoms with Gasteiger partial charge in [0.2, 0.25) is 11.8 Å². The first-order valence-corrected chi connectivity index (χ1v) is 21.6. The second-order valence-electron chi connectivity index (χ2n) is 17.7. The lowest BCUT2D eigenvalue weighted by Crippen LogP contribution is -2.64. The van der Waals surface area contributed by atoms with Crippen molar-refractivity contribution in [1.82, 2.24) is 20.0 Å². The Bertz CT molecular complexity index is 2430. The molecule has 2 bridgehead atoms. The highest BCUT2D eigenvalue weighted by Gasteiger charge is 2.64. The molecule has 3 aromatic rings. The van der Waals surface area contributed by atoms with Gasteiger partial charge in [-0.2, -0.15) is 26.3 Å². The lowest BCUT2D eigenvalue weighted by Gasteiger charge is -2.56. The minimum Gasteiger partial charge on any atom is -0.508 e. The van der Waals surface area contributed by atoms with E-state index in [-0.39, 0.29) is 41.9 Å². The van der Waals surface area contributed by atoms with Gasteiger partial charge in [0.15, 0.2) is 11.5 Å². The zero-order chi connectivity index (χ0) is 50.2. The number of rotatable bonds is 9. The molecule has 8 rings (SSSR count). The molecule has 15 nitrogen and oxygen atoms in total. The van der Waals surface area contributed by atoms with Crippen LogP contribution in [0.2, 0.25) is 0 Å². The number of carboxylic acid groups (broad SMARTS) is 2. The number of aliphatic hydroxyl groups is 1. The number of esters is 1. The average Bonchev–Trinajstić information content (AvgIpc) is 3.61. The first-order chi connectivity index (χ1) is 31.8. The second-order valence-corrected chi connectivity index (χ2v) is 17.7. The third-order valence-corrected chi connectivity index (χ3v) is 13.3. The molecule has 5 N–H and O–H groups in total. The minimum absolute atomic E-state index is 0.0350. The number of likely N-dealkylation sites (tertiary alicyclic amines) is 1. The zero-order valence-corrected chi connectivity index (χ0v) is 37.7. The van der Waals surface area contributed by atoms with Crippen molar-refractivity contribution in [3.8, 4) is 17.2 Å². The quantitative estimate of drug-likeness (QED) is 0.0861. The molecule has 3 heterocycles. The minimum atomic E-state index is -5.08. The average molecular weight is 963 g/mol. The van der Waals surface area contributed by atoms with Crippen molar-refractivity contribution in [3.63, 3.8) is 0 Å². The molecular formula is C47H52F6N4O11. The van der Waals surface area contributed by atoms with Crippen LogP contribution in [0.4, 0.5) is 26.3 Å². The van der Waals surface area contributed by atoms with Crippen LogP contribution in [0.5, 0.6) is 17.2 Å². The number of aliphatic carboxylic acids is 2. The van der Waals surface area contributed by atoms with Crippen LogP contribution in [0.1, 0.15) is 51.8 Å². The lowest BCUT2D eigenvalue weighted by molar-refractivity contribution is -0.193. The molecule has 3 aliphatic heterocycles. The number of phenolic OH excluding ortho intramolecular Hbond substituents is 1. The molecule has 68 heavy (non-hydrogen) atoms.